The van der Waals surface area contributed by atoms with Crippen molar-refractivity contribution in [3.05, 3.63) is 64.5 Å². The number of fused-ring (bicyclic) bond motifs is 1. The lowest BCUT2D eigenvalue weighted by molar-refractivity contribution is -0.385. The maximum Gasteiger partial charge on any atom is 0.276 e. The number of nitrogens with one attached hydrogen (secondary N) is 1. The van der Waals surface area contributed by atoms with Gasteiger partial charge < -0.3 is 4.42 Å². The summed E-state index contributed by atoms with van der Waals surface area (Å²) in [6, 6.07) is 11.7. The van der Waals surface area contributed by atoms with E-state index in [1.54, 1.807) is 24.3 Å². The SMILES string of the molecule is C/C(=N\NS(=O)(=O)c1cccc([N+](=O)[O-])c1)c1nc2ccccc2o1. The highest BCUT2D eigenvalue weighted by atomic mass is 32.2. The third-order valence-electron chi connectivity index (χ3n) is 3.28. The van der Waals surface area contributed by atoms with Gasteiger partial charge in [-0.3, -0.25) is 10.1 Å². The Labute approximate surface area is 142 Å². The molecule has 0 amide bonds. The van der Waals surface area contributed by atoms with E-state index in [1.165, 1.54) is 25.1 Å². The van der Waals surface area contributed by atoms with Crippen LogP contribution in [0, 0.1) is 10.1 Å². The van der Waals surface area contributed by atoms with Crippen molar-refractivity contribution in [3.63, 3.8) is 0 Å². The molecular weight excluding hydrogens is 348 g/mol. The summed E-state index contributed by atoms with van der Waals surface area (Å²) in [4.78, 5) is 16.0. The van der Waals surface area contributed by atoms with Crippen molar-refractivity contribution < 1.29 is 17.8 Å². The van der Waals surface area contributed by atoms with Gasteiger partial charge in [-0.25, -0.2) is 4.98 Å². The zero-order valence-electron chi connectivity index (χ0n) is 12.9. The van der Waals surface area contributed by atoms with Crippen LogP contribution in [-0.4, -0.2) is 24.0 Å². The van der Waals surface area contributed by atoms with E-state index in [1.807, 2.05) is 4.83 Å². The van der Waals surface area contributed by atoms with Gasteiger partial charge in [-0.2, -0.15) is 18.4 Å². The van der Waals surface area contributed by atoms with Crippen LogP contribution in [-0.2, 0) is 10.0 Å². The molecule has 2 aromatic carbocycles. The summed E-state index contributed by atoms with van der Waals surface area (Å²) in [5.41, 5.74) is 1.05. The van der Waals surface area contributed by atoms with Gasteiger partial charge in [-0.15, -0.1) is 0 Å². The molecule has 3 aromatic rings. The summed E-state index contributed by atoms with van der Waals surface area (Å²) >= 11 is 0. The summed E-state index contributed by atoms with van der Waals surface area (Å²) < 4.78 is 29.9. The fourth-order valence-electron chi connectivity index (χ4n) is 2.02. The number of hydrazone groups is 1. The van der Waals surface area contributed by atoms with Crippen molar-refractivity contribution in [2.24, 2.45) is 5.10 Å². The molecular formula is C15H12N4O5S. The average molecular weight is 360 g/mol. The molecule has 0 fully saturated rings. The number of hydrogen-bond donors (Lipinski definition) is 1. The molecule has 9 nitrogen and oxygen atoms in total. The number of benzene rings is 2. The molecule has 0 radical (unpaired) electrons. The van der Waals surface area contributed by atoms with E-state index in [0.717, 1.165) is 6.07 Å². The van der Waals surface area contributed by atoms with Crippen LogP contribution in [0.3, 0.4) is 0 Å². The molecule has 0 unspecified atom stereocenters. The standard InChI is InChI=1S/C15H12N4O5S/c1-10(15-16-13-7-2-3-8-14(13)24-15)17-18-25(22,23)12-6-4-5-11(9-12)19(20)21/h2-9,18H,1H3/b17-10+. The number of nitrogens with zero attached hydrogens (tertiary/aromatic N) is 3. The topological polar surface area (TPSA) is 128 Å². The fourth-order valence-corrected chi connectivity index (χ4v) is 2.92. The molecule has 3 rings (SSSR count). The summed E-state index contributed by atoms with van der Waals surface area (Å²) in [7, 11) is -4.06. The smallest absolute Gasteiger partial charge is 0.276 e. The first-order valence-corrected chi connectivity index (χ1v) is 8.51. The normalized spacial score (nSPS) is 12.3. The molecule has 0 aliphatic rings. The lowest BCUT2D eigenvalue weighted by Gasteiger charge is -2.03. The minimum Gasteiger partial charge on any atom is -0.435 e. The second-order valence-corrected chi connectivity index (χ2v) is 6.69. The quantitative estimate of drug-likeness (QED) is 0.423. The predicted molar refractivity (Wildman–Crippen MR) is 89.6 cm³/mol. The largest absolute Gasteiger partial charge is 0.435 e. The number of aromatic nitrogens is 1. The Morgan fingerprint density at radius 1 is 1.24 bits per heavy atom. The number of non-ortho nitro benzene ring substituents is 1. The zero-order chi connectivity index (χ0) is 18.0. The number of rotatable bonds is 5. The Hall–Kier alpha value is -3.27. The summed E-state index contributed by atoms with van der Waals surface area (Å²) in [5.74, 6) is 0.169. The van der Waals surface area contributed by atoms with Crippen LogP contribution in [0.2, 0.25) is 0 Å². The second kappa shape index (κ2) is 6.32. The number of hydrogen-bond acceptors (Lipinski definition) is 7. The third-order valence-corrected chi connectivity index (χ3v) is 4.48. The number of oxazole rings is 1. The van der Waals surface area contributed by atoms with Crippen molar-refractivity contribution in [3.8, 4) is 0 Å². The summed E-state index contributed by atoms with van der Waals surface area (Å²) in [6.07, 6.45) is 0. The maximum atomic E-state index is 12.2. The van der Waals surface area contributed by atoms with E-state index in [-0.39, 0.29) is 22.2 Å². The van der Waals surface area contributed by atoms with E-state index in [2.05, 4.69) is 10.1 Å². The Morgan fingerprint density at radius 2 is 2.00 bits per heavy atom. The molecule has 128 valence electrons. The molecule has 1 aromatic heterocycles. The highest BCUT2D eigenvalue weighted by molar-refractivity contribution is 7.89. The summed E-state index contributed by atoms with van der Waals surface area (Å²) in [5, 5.41) is 14.5. The Balaban J connectivity index is 1.86. The van der Waals surface area contributed by atoms with Gasteiger partial charge >= 0.3 is 0 Å². The van der Waals surface area contributed by atoms with Gasteiger partial charge in [0.1, 0.15) is 11.2 Å². The molecule has 1 heterocycles. The third kappa shape index (κ3) is 3.48. The van der Waals surface area contributed by atoms with Crippen LogP contribution in [0.4, 0.5) is 5.69 Å². The van der Waals surface area contributed by atoms with Crippen molar-refractivity contribution in [1.29, 1.82) is 0 Å². The van der Waals surface area contributed by atoms with Crippen molar-refractivity contribution >= 4 is 32.5 Å². The zero-order valence-corrected chi connectivity index (χ0v) is 13.7. The molecule has 0 spiro atoms. The Morgan fingerprint density at radius 3 is 2.72 bits per heavy atom. The number of para-hydroxylation sites is 2. The molecule has 0 atom stereocenters. The van der Waals surface area contributed by atoms with Crippen LogP contribution in [0.25, 0.3) is 11.1 Å². The van der Waals surface area contributed by atoms with Gasteiger partial charge in [0, 0.05) is 12.1 Å². The van der Waals surface area contributed by atoms with Crippen LogP contribution >= 0.6 is 0 Å². The monoisotopic (exact) mass is 360 g/mol. The summed E-state index contributed by atoms with van der Waals surface area (Å²) in [6.45, 7) is 1.53. The lowest BCUT2D eigenvalue weighted by atomic mass is 10.3. The Bertz CT molecular complexity index is 1060. The minimum absolute atomic E-state index is 0.169. The van der Waals surface area contributed by atoms with Gasteiger partial charge in [-0.05, 0) is 25.1 Å². The molecule has 0 aliphatic carbocycles. The molecule has 10 heteroatoms. The highest BCUT2D eigenvalue weighted by Gasteiger charge is 2.17. The van der Waals surface area contributed by atoms with Crippen LogP contribution < -0.4 is 4.83 Å². The van der Waals surface area contributed by atoms with Crippen molar-refractivity contribution in [2.45, 2.75) is 11.8 Å². The molecule has 0 saturated carbocycles. The lowest BCUT2D eigenvalue weighted by Crippen LogP contribution is -2.20. The van der Waals surface area contributed by atoms with E-state index in [9.17, 15) is 18.5 Å². The van der Waals surface area contributed by atoms with Gasteiger partial charge in [-0.1, -0.05) is 18.2 Å². The number of sulfonamides is 1. The van der Waals surface area contributed by atoms with Crippen LogP contribution in [0.15, 0.2) is 62.9 Å². The molecule has 1 N–H and O–H groups in total. The van der Waals surface area contributed by atoms with Gasteiger partial charge in [0.15, 0.2) is 5.58 Å². The first-order valence-electron chi connectivity index (χ1n) is 7.03. The predicted octanol–water partition coefficient (Wildman–Crippen LogP) is 2.44. The molecule has 25 heavy (non-hydrogen) atoms. The highest BCUT2D eigenvalue weighted by Crippen LogP contribution is 2.18. The average Bonchev–Trinajstić information content (AvgIpc) is 3.04. The second-order valence-electron chi connectivity index (χ2n) is 5.03. The van der Waals surface area contributed by atoms with Crippen LogP contribution in [0.1, 0.15) is 12.8 Å². The number of nitro groups is 1. The molecule has 0 saturated heterocycles. The Kier molecular flexibility index (Phi) is 4.19. The van der Waals surface area contributed by atoms with Gasteiger partial charge in [0.2, 0.25) is 5.89 Å². The van der Waals surface area contributed by atoms with Gasteiger partial charge in [0.05, 0.1) is 9.82 Å². The van der Waals surface area contributed by atoms with E-state index >= 15 is 0 Å². The van der Waals surface area contributed by atoms with E-state index in [0.29, 0.717) is 11.1 Å². The molecule has 0 aliphatic heterocycles. The fraction of sp³-hybridized carbons (Fsp3) is 0.0667. The van der Waals surface area contributed by atoms with Crippen molar-refractivity contribution in [1.82, 2.24) is 9.82 Å². The minimum atomic E-state index is -4.06. The first kappa shape index (κ1) is 16.6. The van der Waals surface area contributed by atoms with E-state index < -0.39 is 14.9 Å². The van der Waals surface area contributed by atoms with Gasteiger partial charge in [0.25, 0.3) is 15.7 Å². The van der Waals surface area contributed by atoms with Crippen LogP contribution in [0.5, 0.6) is 0 Å². The van der Waals surface area contributed by atoms with E-state index in [4.69, 9.17) is 4.42 Å². The first-order chi connectivity index (χ1) is 11.9. The molecule has 0 bridgehead atoms. The number of nitro benzene ring substituents is 1. The maximum absolute atomic E-state index is 12.2. The van der Waals surface area contributed by atoms with Crippen molar-refractivity contribution in [2.75, 3.05) is 0 Å².